The van der Waals surface area contributed by atoms with Crippen LogP contribution in [0.1, 0.15) is 9.80 Å². The summed E-state index contributed by atoms with van der Waals surface area (Å²) in [5.41, 5.74) is 6.17. The fourth-order valence-corrected chi connectivity index (χ4v) is 2.28. The van der Waals surface area contributed by atoms with Crippen LogP contribution in [0.4, 0.5) is 10.8 Å². The van der Waals surface area contributed by atoms with E-state index in [1.807, 2.05) is 42.5 Å². The van der Waals surface area contributed by atoms with Crippen molar-refractivity contribution in [2.24, 2.45) is 0 Å². The summed E-state index contributed by atoms with van der Waals surface area (Å²) in [6, 6.07) is 13.7. The first-order valence-electron chi connectivity index (χ1n) is 5.61. The van der Waals surface area contributed by atoms with Crippen LogP contribution >= 0.6 is 11.3 Å². The molecule has 0 saturated heterocycles. The molecular formula is C13H10N4OS. The molecule has 5 nitrogen and oxygen atoms in total. The van der Waals surface area contributed by atoms with E-state index < -0.39 is 0 Å². The third-order valence-electron chi connectivity index (χ3n) is 2.64. The Morgan fingerprint density at radius 1 is 1.11 bits per heavy atom. The van der Waals surface area contributed by atoms with Gasteiger partial charge in [-0.3, -0.25) is 4.79 Å². The van der Waals surface area contributed by atoms with Crippen molar-refractivity contribution in [3.05, 3.63) is 47.5 Å². The molecule has 6 heteroatoms. The molecule has 94 valence electrons. The van der Waals surface area contributed by atoms with Gasteiger partial charge in [-0.25, -0.2) is 0 Å². The van der Waals surface area contributed by atoms with Gasteiger partial charge in [-0.15, -0.1) is 10.2 Å². The van der Waals surface area contributed by atoms with E-state index in [0.717, 1.165) is 27.8 Å². The van der Waals surface area contributed by atoms with Crippen LogP contribution in [-0.4, -0.2) is 16.1 Å². The Balaban J connectivity index is 1.87. The van der Waals surface area contributed by atoms with Crippen molar-refractivity contribution >= 4 is 38.8 Å². The van der Waals surface area contributed by atoms with Crippen LogP contribution in [0, 0.1) is 0 Å². The summed E-state index contributed by atoms with van der Waals surface area (Å²) in [6.45, 7) is 0. The van der Waals surface area contributed by atoms with Crippen LogP contribution in [0.25, 0.3) is 10.8 Å². The average molecular weight is 270 g/mol. The van der Waals surface area contributed by atoms with Gasteiger partial charge < -0.3 is 11.1 Å². The smallest absolute Gasteiger partial charge is 0.286 e. The third-order valence-corrected chi connectivity index (χ3v) is 3.39. The van der Waals surface area contributed by atoms with E-state index >= 15 is 0 Å². The molecule has 0 radical (unpaired) electrons. The number of benzene rings is 2. The number of nitrogen functional groups attached to an aromatic ring is 1. The van der Waals surface area contributed by atoms with Gasteiger partial charge in [0, 0.05) is 5.69 Å². The lowest BCUT2D eigenvalue weighted by atomic mass is 10.1. The molecule has 0 fully saturated rings. The second kappa shape index (κ2) is 4.66. The SMILES string of the molecule is Nc1nnc(C(=O)Nc2ccc3ccccc3c2)s1. The quantitative estimate of drug-likeness (QED) is 0.749. The van der Waals surface area contributed by atoms with Crippen molar-refractivity contribution in [3.63, 3.8) is 0 Å². The highest BCUT2D eigenvalue weighted by molar-refractivity contribution is 7.16. The molecule has 0 spiro atoms. The molecule has 0 atom stereocenters. The summed E-state index contributed by atoms with van der Waals surface area (Å²) < 4.78 is 0. The molecule has 1 aromatic heterocycles. The molecule has 0 aliphatic rings. The molecule has 0 unspecified atom stereocenters. The van der Waals surface area contributed by atoms with Crippen LogP contribution in [0.2, 0.25) is 0 Å². The van der Waals surface area contributed by atoms with Gasteiger partial charge in [-0.05, 0) is 22.9 Å². The Kier molecular flexibility index (Phi) is 2.85. The second-order valence-corrected chi connectivity index (χ2v) is 4.97. The largest absolute Gasteiger partial charge is 0.374 e. The number of rotatable bonds is 2. The summed E-state index contributed by atoms with van der Waals surface area (Å²) in [5.74, 6) is -0.301. The van der Waals surface area contributed by atoms with Gasteiger partial charge in [0.05, 0.1) is 0 Å². The highest BCUT2D eigenvalue weighted by Gasteiger charge is 2.11. The minimum atomic E-state index is -0.301. The molecule has 3 N–H and O–H groups in total. The van der Waals surface area contributed by atoms with Gasteiger partial charge in [-0.1, -0.05) is 41.7 Å². The van der Waals surface area contributed by atoms with Crippen LogP contribution in [0.3, 0.4) is 0 Å². The predicted molar refractivity (Wildman–Crippen MR) is 76.2 cm³/mol. The fourth-order valence-electron chi connectivity index (χ4n) is 1.78. The Morgan fingerprint density at radius 2 is 1.89 bits per heavy atom. The van der Waals surface area contributed by atoms with E-state index in [-0.39, 0.29) is 16.0 Å². The number of anilines is 2. The summed E-state index contributed by atoms with van der Waals surface area (Å²) >= 11 is 1.06. The van der Waals surface area contributed by atoms with Crippen molar-refractivity contribution in [2.75, 3.05) is 11.1 Å². The van der Waals surface area contributed by atoms with Gasteiger partial charge in [0.1, 0.15) is 0 Å². The highest BCUT2D eigenvalue weighted by Crippen LogP contribution is 2.20. The van der Waals surface area contributed by atoms with E-state index in [1.165, 1.54) is 0 Å². The van der Waals surface area contributed by atoms with Crippen molar-refractivity contribution < 1.29 is 4.79 Å². The summed E-state index contributed by atoms with van der Waals surface area (Å²) in [7, 11) is 0. The van der Waals surface area contributed by atoms with Gasteiger partial charge >= 0.3 is 0 Å². The maximum Gasteiger partial charge on any atom is 0.286 e. The number of nitrogens with zero attached hydrogens (tertiary/aromatic N) is 2. The zero-order chi connectivity index (χ0) is 13.2. The van der Waals surface area contributed by atoms with E-state index in [9.17, 15) is 4.79 Å². The first-order chi connectivity index (χ1) is 9.22. The number of carbonyl (C=O) groups excluding carboxylic acids is 1. The molecule has 0 aliphatic carbocycles. The predicted octanol–water partition coefficient (Wildman–Crippen LogP) is 2.53. The molecule has 3 aromatic rings. The molecule has 1 amide bonds. The number of aromatic nitrogens is 2. The second-order valence-electron chi connectivity index (χ2n) is 3.96. The van der Waals surface area contributed by atoms with Crippen LogP contribution < -0.4 is 11.1 Å². The van der Waals surface area contributed by atoms with E-state index in [2.05, 4.69) is 15.5 Å². The van der Waals surface area contributed by atoms with Crippen LogP contribution in [0.15, 0.2) is 42.5 Å². The van der Waals surface area contributed by atoms with E-state index in [4.69, 9.17) is 5.73 Å². The maximum atomic E-state index is 11.9. The van der Waals surface area contributed by atoms with E-state index in [1.54, 1.807) is 0 Å². The first kappa shape index (κ1) is 11.6. The number of fused-ring (bicyclic) bond motifs is 1. The average Bonchev–Trinajstić information content (AvgIpc) is 2.85. The minimum Gasteiger partial charge on any atom is -0.374 e. The molecule has 3 rings (SSSR count). The fraction of sp³-hybridized carbons (Fsp3) is 0. The van der Waals surface area contributed by atoms with Crippen molar-refractivity contribution in [2.45, 2.75) is 0 Å². The Bertz CT molecular complexity index is 753. The van der Waals surface area contributed by atoms with Crippen molar-refractivity contribution in [1.82, 2.24) is 10.2 Å². The third kappa shape index (κ3) is 2.38. The van der Waals surface area contributed by atoms with Gasteiger partial charge in [0.15, 0.2) is 0 Å². The topological polar surface area (TPSA) is 80.9 Å². The maximum absolute atomic E-state index is 11.9. The Labute approximate surface area is 113 Å². The zero-order valence-corrected chi connectivity index (χ0v) is 10.6. The Hall–Kier alpha value is -2.47. The monoisotopic (exact) mass is 270 g/mol. The summed E-state index contributed by atoms with van der Waals surface area (Å²) in [5, 5.41) is 12.8. The van der Waals surface area contributed by atoms with Crippen LogP contribution in [-0.2, 0) is 0 Å². The number of nitrogens with one attached hydrogen (secondary N) is 1. The number of nitrogens with two attached hydrogens (primary N) is 1. The molecular weight excluding hydrogens is 260 g/mol. The highest BCUT2D eigenvalue weighted by atomic mass is 32.1. The van der Waals surface area contributed by atoms with Crippen LogP contribution in [0.5, 0.6) is 0 Å². The Morgan fingerprint density at radius 3 is 2.63 bits per heavy atom. The molecule has 1 heterocycles. The van der Waals surface area contributed by atoms with Gasteiger partial charge in [0.25, 0.3) is 5.91 Å². The van der Waals surface area contributed by atoms with Gasteiger partial charge in [0.2, 0.25) is 10.1 Å². The van der Waals surface area contributed by atoms with Crippen molar-refractivity contribution in [3.8, 4) is 0 Å². The molecule has 0 bridgehead atoms. The summed E-state index contributed by atoms with van der Waals surface area (Å²) in [6.07, 6.45) is 0. The van der Waals surface area contributed by atoms with Gasteiger partial charge in [-0.2, -0.15) is 0 Å². The number of amides is 1. The van der Waals surface area contributed by atoms with Crippen molar-refractivity contribution in [1.29, 1.82) is 0 Å². The standard InChI is InChI=1S/C13H10N4OS/c14-13-17-16-12(19-13)11(18)15-10-6-5-8-3-1-2-4-9(8)7-10/h1-7H,(H2,14,17)(H,15,18). The summed E-state index contributed by atoms with van der Waals surface area (Å²) in [4.78, 5) is 11.9. The molecule has 2 aromatic carbocycles. The lowest BCUT2D eigenvalue weighted by Crippen LogP contribution is -2.11. The number of hydrogen-bond donors (Lipinski definition) is 2. The van der Waals surface area contributed by atoms with E-state index in [0.29, 0.717) is 0 Å². The first-order valence-corrected chi connectivity index (χ1v) is 6.43. The minimum absolute atomic E-state index is 0.255. The zero-order valence-electron chi connectivity index (χ0n) is 9.83. The number of carbonyl (C=O) groups is 1. The lowest BCUT2D eigenvalue weighted by molar-refractivity contribution is 0.102. The normalized spacial score (nSPS) is 10.5. The number of hydrogen-bond acceptors (Lipinski definition) is 5. The molecule has 0 aliphatic heterocycles. The molecule has 0 saturated carbocycles. The lowest BCUT2D eigenvalue weighted by Gasteiger charge is -2.04. The molecule has 19 heavy (non-hydrogen) atoms.